The number of likely N-dealkylation sites (tertiary alicyclic amines) is 1. The highest BCUT2D eigenvalue weighted by Crippen LogP contribution is 2.27. The van der Waals surface area contributed by atoms with Crippen molar-refractivity contribution in [3.63, 3.8) is 0 Å². The van der Waals surface area contributed by atoms with Crippen molar-refractivity contribution in [2.45, 2.75) is 52.5 Å². The first-order valence-electron chi connectivity index (χ1n) is 12.2. The summed E-state index contributed by atoms with van der Waals surface area (Å²) in [4.78, 5) is 31.9. The van der Waals surface area contributed by atoms with Crippen LogP contribution in [0.15, 0.2) is 48.5 Å². The third-order valence-electron chi connectivity index (χ3n) is 6.56. The summed E-state index contributed by atoms with van der Waals surface area (Å²) in [5.41, 5.74) is 4.88. The van der Waals surface area contributed by atoms with Crippen LogP contribution in [0.2, 0.25) is 0 Å². The summed E-state index contributed by atoms with van der Waals surface area (Å²) >= 11 is 0. The fraction of sp³-hybridized carbons (Fsp3) is 0.393. The number of nitrogens with zero attached hydrogens (tertiary/aromatic N) is 2. The number of nitrogens with one attached hydrogen (secondary N) is 2. The van der Waals surface area contributed by atoms with E-state index in [0.29, 0.717) is 18.2 Å². The Morgan fingerprint density at radius 2 is 1.88 bits per heavy atom. The second kappa shape index (κ2) is 10.8. The molecule has 0 radical (unpaired) electrons. The van der Waals surface area contributed by atoms with Gasteiger partial charge in [0.2, 0.25) is 5.91 Å². The molecule has 0 spiro atoms. The number of pyridine rings is 1. The SMILES string of the molecule is CC(=O)Nc1ccc(-c2cc(C(=O)NCCCN3CCCC[C@H]3C)c3cc(C)ccc3n2)cc1. The first-order chi connectivity index (χ1) is 16.4. The number of piperidine rings is 1. The highest BCUT2D eigenvalue weighted by molar-refractivity contribution is 6.07. The third-order valence-corrected chi connectivity index (χ3v) is 6.56. The predicted octanol–water partition coefficient (Wildman–Crippen LogP) is 5.16. The number of hydrogen-bond donors (Lipinski definition) is 2. The molecule has 2 heterocycles. The highest BCUT2D eigenvalue weighted by atomic mass is 16.2. The van der Waals surface area contributed by atoms with Gasteiger partial charge in [0, 0.05) is 42.7 Å². The van der Waals surface area contributed by atoms with Crippen LogP contribution in [0, 0.1) is 6.92 Å². The Bertz CT molecular complexity index is 1170. The van der Waals surface area contributed by atoms with Crippen molar-refractivity contribution in [1.82, 2.24) is 15.2 Å². The van der Waals surface area contributed by atoms with E-state index >= 15 is 0 Å². The summed E-state index contributed by atoms with van der Waals surface area (Å²) < 4.78 is 0. The van der Waals surface area contributed by atoms with Crippen LogP contribution < -0.4 is 10.6 Å². The molecule has 1 aliphatic rings. The molecule has 1 atom stereocenters. The molecule has 0 saturated carbocycles. The minimum Gasteiger partial charge on any atom is -0.352 e. The van der Waals surface area contributed by atoms with Crippen molar-refractivity contribution in [3.05, 3.63) is 59.7 Å². The van der Waals surface area contributed by atoms with Crippen molar-refractivity contribution in [2.24, 2.45) is 0 Å². The van der Waals surface area contributed by atoms with Crippen LogP contribution >= 0.6 is 0 Å². The number of carbonyl (C=O) groups excluding carboxylic acids is 2. The smallest absolute Gasteiger partial charge is 0.252 e. The van der Waals surface area contributed by atoms with E-state index in [4.69, 9.17) is 4.98 Å². The Kier molecular flexibility index (Phi) is 7.58. The molecule has 1 saturated heterocycles. The minimum absolute atomic E-state index is 0.0687. The first-order valence-corrected chi connectivity index (χ1v) is 12.2. The predicted molar refractivity (Wildman–Crippen MR) is 138 cm³/mol. The quantitative estimate of drug-likeness (QED) is 0.480. The van der Waals surface area contributed by atoms with E-state index in [-0.39, 0.29) is 11.8 Å². The van der Waals surface area contributed by atoms with E-state index in [1.54, 1.807) is 0 Å². The number of rotatable bonds is 7. The van der Waals surface area contributed by atoms with Gasteiger partial charge >= 0.3 is 0 Å². The van der Waals surface area contributed by atoms with Gasteiger partial charge in [0.25, 0.3) is 5.91 Å². The molecule has 0 unspecified atom stereocenters. The minimum atomic E-state index is -0.111. The second-order valence-corrected chi connectivity index (χ2v) is 9.32. The molecule has 2 N–H and O–H groups in total. The summed E-state index contributed by atoms with van der Waals surface area (Å²) in [6.07, 6.45) is 4.80. The van der Waals surface area contributed by atoms with Crippen LogP contribution in [0.25, 0.3) is 22.2 Å². The molecule has 1 fully saturated rings. The van der Waals surface area contributed by atoms with Crippen molar-refractivity contribution in [1.29, 1.82) is 0 Å². The normalized spacial score (nSPS) is 16.4. The zero-order chi connectivity index (χ0) is 24.1. The van der Waals surface area contributed by atoms with Gasteiger partial charge in [-0.2, -0.15) is 0 Å². The Balaban J connectivity index is 1.52. The molecular weight excluding hydrogens is 424 g/mol. The summed E-state index contributed by atoms with van der Waals surface area (Å²) in [5.74, 6) is -0.179. The summed E-state index contributed by atoms with van der Waals surface area (Å²) in [6.45, 7) is 8.64. The van der Waals surface area contributed by atoms with Crippen molar-refractivity contribution in [3.8, 4) is 11.3 Å². The Morgan fingerprint density at radius 1 is 1.09 bits per heavy atom. The second-order valence-electron chi connectivity index (χ2n) is 9.32. The summed E-state index contributed by atoms with van der Waals surface area (Å²) in [5, 5.41) is 6.77. The lowest BCUT2D eigenvalue weighted by Gasteiger charge is -2.33. The average Bonchev–Trinajstić information content (AvgIpc) is 2.82. The monoisotopic (exact) mass is 458 g/mol. The topological polar surface area (TPSA) is 74.3 Å². The van der Waals surface area contributed by atoms with Crippen LogP contribution in [0.4, 0.5) is 5.69 Å². The molecule has 0 bridgehead atoms. The van der Waals surface area contributed by atoms with Crippen LogP contribution in [0.5, 0.6) is 0 Å². The first kappa shape index (κ1) is 23.9. The molecular formula is C28H34N4O2. The van der Waals surface area contributed by atoms with Gasteiger partial charge in [-0.05, 0) is 70.0 Å². The van der Waals surface area contributed by atoms with Crippen LogP contribution in [0.1, 0.15) is 55.5 Å². The lowest BCUT2D eigenvalue weighted by Crippen LogP contribution is -2.39. The molecule has 3 aromatic rings. The number of benzene rings is 2. The molecule has 1 aromatic heterocycles. The van der Waals surface area contributed by atoms with E-state index in [2.05, 4.69) is 22.5 Å². The van der Waals surface area contributed by atoms with Gasteiger partial charge in [-0.15, -0.1) is 0 Å². The number of carbonyl (C=O) groups is 2. The molecule has 6 heteroatoms. The molecule has 4 rings (SSSR count). The molecule has 34 heavy (non-hydrogen) atoms. The lowest BCUT2D eigenvalue weighted by molar-refractivity contribution is -0.114. The fourth-order valence-electron chi connectivity index (χ4n) is 4.67. The average molecular weight is 459 g/mol. The van der Waals surface area contributed by atoms with Crippen molar-refractivity contribution in [2.75, 3.05) is 25.0 Å². The van der Waals surface area contributed by atoms with Crippen LogP contribution in [0.3, 0.4) is 0 Å². The van der Waals surface area contributed by atoms with Gasteiger partial charge < -0.3 is 15.5 Å². The highest BCUT2D eigenvalue weighted by Gasteiger charge is 2.18. The number of aromatic nitrogens is 1. The van der Waals surface area contributed by atoms with E-state index in [9.17, 15) is 9.59 Å². The van der Waals surface area contributed by atoms with E-state index in [1.807, 2.05) is 55.5 Å². The molecule has 1 aliphatic heterocycles. The maximum atomic E-state index is 13.2. The lowest BCUT2D eigenvalue weighted by atomic mass is 10.0. The molecule has 2 aromatic carbocycles. The third kappa shape index (κ3) is 5.81. The van der Waals surface area contributed by atoms with Gasteiger partial charge in [0.15, 0.2) is 0 Å². The summed E-state index contributed by atoms with van der Waals surface area (Å²) in [7, 11) is 0. The fourth-order valence-corrected chi connectivity index (χ4v) is 4.67. The van der Waals surface area contributed by atoms with Gasteiger partial charge in [0.1, 0.15) is 0 Å². The van der Waals surface area contributed by atoms with E-state index in [1.165, 1.54) is 26.2 Å². The van der Waals surface area contributed by atoms with Gasteiger partial charge in [0.05, 0.1) is 16.8 Å². The molecule has 6 nitrogen and oxygen atoms in total. The number of amides is 2. The van der Waals surface area contributed by atoms with Crippen LogP contribution in [-0.4, -0.2) is 47.4 Å². The zero-order valence-corrected chi connectivity index (χ0v) is 20.4. The van der Waals surface area contributed by atoms with Gasteiger partial charge in [-0.1, -0.05) is 30.2 Å². The largest absolute Gasteiger partial charge is 0.352 e. The molecule has 2 amide bonds. The number of anilines is 1. The maximum absolute atomic E-state index is 13.2. The van der Waals surface area contributed by atoms with Crippen LogP contribution in [-0.2, 0) is 4.79 Å². The van der Waals surface area contributed by atoms with E-state index in [0.717, 1.165) is 52.9 Å². The summed E-state index contributed by atoms with van der Waals surface area (Å²) in [6, 6.07) is 16.0. The number of fused-ring (bicyclic) bond motifs is 1. The Labute approximate surface area is 201 Å². The molecule has 178 valence electrons. The maximum Gasteiger partial charge on any atom is 0.252 e. The van der Waals surface area contributed by atoms with Crippen molar-refractivity contribution < 1.29 is 9.59 Å². The standard InChI is InChI=1S/C28H34N4O2/c1-19-8-13-26-24(17-19)25(28(34)29-14-6-16-32-15-5-4-7-20(32)2)18-27(31-26)22-9-11-23(12-10-22)30-21(3)33/h8-13,17-18,20H,4-7,14-16H2,1-3H3,(H,29,34)(H,30,33)/t20-/m1/s1. The molecule has 0 aliphatic carbocycles. The number of aryl methyl sites for hydroxylation is 1. The van der Waals surface area contributed by atoms with Crippen molar-refractivity contribution >= 4 is 28.4 Å². The zero-order valence-electron chi connectivity index (χ0n) is 20.4. The van der Waals surface area contributed by atoms with Gasteiger partial charge in [-0.3, -0.25) is 9.59 Å². The van der Waals surface area contributed by atoms with Gasteiger partial charge in [-0.25, -0.2) is 4.98 Å². The van der Waals surface area contributed by atoms with E-state index < -0.39 is 0 Å². The Morgan fingerprint density at radius 3 is 2.62 bits per heavy atom. The number of hydrogen-bond acceptors (Lipinski definition) is 4. The Hall–Kier alpha value is -3.25.